The lowest BCUT2D eigenvalue weighted by molar-refractivity contribution is -0.385. The summed E-state index contributed by atoms with van der Waals surface area (Å²) in [5.74, 6) is 0. The molecule has 3 rings (SSSR count). The topological polar surface area (TPSA) is 85.5 Å². The molecule has 0 spiro atoms. The third kappa shape index (κ3) is 2.60. The fraction of sp³-hybridized carbons (Fsp3) is 0.333. The Hall–Kier alpha value is -1.90. The van der Waals surface area contributed by atoms with Crippen molar-refractivity contribution >= 4 is 27.3 Å². The lowest BCUT2D eigenvalue weighted by Gasteiger charge is -2.33. The van der Waals surface area contributed by atoms with Crippen LogP contribution in [0.5, 0.6) is 0 Å². The molecule has 1 aromatic carbocycles. The largest absolute Gasteiger partial charge is 0.349 e. The standard InChI is InChI=1S/C15H16ClN3O4S/c1-10-13(16)8-12(9-15(10)19(20)21)24(22,23)18-7-6-17-5-3-4-14(17)11(18)2/h3-5,8-9,11H,6-7H2,1-2H3/t11-/m0/s1. The van der Waals surface area contributed by atoms with Crippen molar-refractivity contribution in [1.29, 1.82) is 0 Å². The first-order valence-electron chi connectivity index (χ1n) is 7.35. The van der Waals surface area contributed by atoms with Gasteiger partial charge in [0.1, 0.15) is 0 Å². The van der Waals surface area contributed by atoms with Crippen LogP contribution in [-0.2, 0) is 16.6 Å². The maximum Gasteiger partial charge on any atom is 0.275 e. The monoisotopic (exact) mass is 369 g/mol. The molecule has 1 aliphatic heterocycles. The van der Waals surface area contributed by atoms with Crippen LogP contribution in [0.3, 0.4) is 0 Å². The fourth-order valence-corrected chi connectivity index (χ4v) is 4.92. The number of hydrogen-bond donors (Lipinski definition) is 0. The minimum atomic E-state index is -3.90. The van der Waals surface area contributed by atoms with Crippen LogP contribution in [0, 0.1) is 17.0 Å². The van der Waals surface area contributed by atoms with Gasteiger partial charge in [-0.1, -0.05) is 11.6 Å². The van der Waals surface area contributed by atoms with Crippen LogP contribution in [-0.4, -0.2) is 28.8 Å². The molecule has 0 N–H and O–H groups in total. The van der Waals surface area contributed by atoms with Gasteiger partial charge in [0.2, 0.25) is 10.0 Å². The third-order valence-electron chi connectivity index (χ3n) is 4.38. The van der Waals surface area contributed by atoms with Crippen molar-refractivity contribution in [2.45, 2.75) is 31.3 Å². The maximum atomic E-state index is 13.0. The van der Waals surface area contributed by atoms with E-state index in [9.17, 15) is 18.5 Å². The van der Waals surface area contributed by atoms with Crippen LogP contribution in [0.4, 0.5) is 5.69 Å². The molecule has 7 nitrogen and oxygen atoms in total. The Morgan fingerprint density at radius 1 is 1.33 bits per heavy atom. The number of rotatable bonds is 3. The highest BCUT2D eigenvalue weighted by Crippen LogP contribution is 2.35. The minimum Gasteiger partial charge on any atom is -0.349 e. The summed E-state index contributed by atoms with van der Waals surface area (Å²) < 4.78 is 29.4. The smallest absolute Gasteiger partial charge is 0.275 e. The summed E-state index contributed by atoms with van der Waals surface area (Å²) in [5, 5.41) is 11.2. The molecule has 0 aliphatic carbocycles. The van der Waals surface area contributed by atoms with E-state index in [1.807, 2.05) is 22.9 Å². The number of nitro benzene ring substituents is 1. The van der Waals surface area contributed by atoms with Gasteiger partial charge in [-0.15, -0.1) is 0 Å². The second kappa shape index (κ2) is 5.87. The second-order valence-electron chi connectivity index (χ2n) is 5.72. The van der Waals surface area contributed by atoms with E-state index in [-0.39, 0.29) is 27.2 Å². The first-order valence-corrected chi connectivity index (χ1v) is 9.16. The molecule has 0 unspecified atom stereocenters. The van der Waals surface area contributed by atoms with Crippen LogP contribution in [0.25, 0.3) is 0 Å². The van der Waals surface area contributed by atoms with Crippen LogP contribution < -0.4 is 0 Å². The summed E-state index contributed by atoms with van der Waals surface area (Å²) in [6, 6.07) is 5.74. The maximum absolute atomic E-state index is 13.0. The van der Waals surface area contributed by atoms with Gasteiger partial charge >= 0.3 is 0 Å². The average molecular weight is 370 g/mol. The Morgan fingerprint density at radius 2 is 2.04 bits per heavy atom. The first-order chi connectivity index (χ1) is 11.2. The van der Waals surface area contributed by atoms with Crippen LogP contribution in [0.15, 0.2) is 35.4 Å². The van der Waals surface area contributed by atoms with Gasteiger partial charge in [-0.25, -0.2) is 8.42 Å². The summed E-state index contributed by atoms with van der Waals surface area (Å²) in [6.07, 6.45) is 1.91. The van der Waals surface area contributed by atoms with Gasteiger partial charge < -0.3 is 4.57 Å². The van der Waals surface area contributed by atoms with Crippen molar-refractivity contribution in [3.8, 4) is 0 Å². The highest BCUT2D eigenvalue weighted by Gasteiger charge is 2.35. The van der Waals surface area contributed by atoms with E-state index in [2.05, 4.69) is 0 Å². The molecule has 0 radical (unpaired) electrons. The van der Waals surface area contributed by atoms with E-state index >= 15 is 0 Å². The number of nitrogens with zero attached hydrogens (tertiary/aromatic N) is 3. The quantitative estimate of drug-likeness (QED) is 0.614. The average Bonchev–Trinajstić information content (AvgIpc) is 2.99. The highest BCUT2D eigenvalue weighted by molar-refractivity contribution is 7.89. The zero-order valence-corrected chi connectivity index (χ0v) is 14.7. The zero-order valence-electron chi connectivity index (χ0n) is 13.1. The molecule has 1 aromatic heterocycles. The number of halogens is 1. The fourth-order valence-electron chi connectivity index (χ4n) is 3.00. The summed E-state index contributed by atoms with van der Waals surface area (Å²) >= 11 is 6.02. The SMILES string of the molecule is Cc1c(Cl)cc(S(=O)(=O)N2CCn3cccc3[C@@H]2C)cc1[N+](=O)[O-]. The number of fused-ring (bicyclic) bond motifs is 1. The van der Waals surface area contributed by atoms with Crippen LogP contribution >= 0.6 is 11.6 Å². The molecular formula is C15H16ClN3O4S. The van der Waals surface area contributed by atoms with E-state index < -0.39 is 14.9 Å². The molecule has 2 heterocycles. The minimum absolute atomic E-state index is 0.0656. The Morgan fingerprint density at radius 3 is 2.71 bits per heavy atom. The molecule has 9 heteroatoms. The number of benzene rings is 1. The van der Waals surface area contributed by atoms with Crippen LogP contribution in [0.2, 0.25) is 5.02 Å². The van der Waals surface area contributed by atoms with Crippen molar-refractivity contribution < 1.29 is 13.3 Å². The van der Waals surface area contributed by atoms with E-state index in [4.69, 9.17) is 11.6 Å². The number of sulfonamides is 1. The van der Waals surface area contributed by atoms with Crippen LogP contribution in [0.1, 0.15) is 24.2 Å². The van der Waals surface area contributed by atoms with Crippen molar-refractivity contribution in [2.24, 2.45) is 0 Å². The van der Waals surface area contributed by atoms with Gasteiger partial charge in [-0.3, -0.25) is 10.1 Å². The molecule has 24 heavy (non-hydrogen) atoms. The molecular weight excluding hydrogens is 354 g/mol. The molecule has 0 bridgehead atoms. The Bertz CT molecular complexity index is 923. The highest BCUT2D eigenvalue weighted by atomic mass is 35.5. The van der Waals surface area contributed by atoms with E-state index in [0.29, 0.717) is 13.1 Å². The summed E-state index contributed by atoms with van der Waals surface area (Å²) in [6.45, 7) is 4.12. The van der Waals surface area contributed by atoms with Gasteiger partial charge in [0.15, 0.2) is 0 Å². The Balaban J connectivity index is 2.08. The van der Waals surface area contributed by atoms with Crippen molar-refractivity contribution in [3.63, 3.8) is 0 Å². The lowest BCUT2D eigenvalue weighted by Crippen LogP contribution is -2.40. The first kappa shape index (κ1) is 16.9. The van der Waals surface area contributed by atoms with Gasteiger partial charge in [0.25, 0.3) is 5.69 Å². The van der Waals surface area contributed by atoms with E-state index in [0.717, 1.165) is 11.8 Å². The normalized spacial score (nSPS) is 18.4. The summed E-state index contributed by atoms with van der Waals surface area (Å²) in [7, 11) is -3.90. The van der Waals surface area contributed by atoms with E-state index in [1.165, 1.54) is 17.3 Å². The molecule has 0 saturated carbocycles. The third-order valence-corrected chi connectivity index (χ3v) is 6.72. The molecule has 0 fully saturated rings. The number of nitro groups is 1. The molecule has 128 valence electrons. The summed E-state index contributed by atoms with van der Waals surface area (Å²) in [5.41, 5.74) is 0.841. The van der Waals surface area contributed by atoms with Gasteiger partial charge in [-0.2, -0.15) is 4.31 Å². The van der Waals surface area contributed by atoms with E-state index in [1.54, 1.807) is 6.92 Å². The van der Waals surface area contributed by atoms with Crippen molar-refractivity contribution in [3.05, 3.63) is 56.9 Å². The molecule has 1 atom stereocenters. The molecule has 1 aliphatic rings. The number of aromatic nitrogens is 1. The molecule has 0 amide bonds. The predicted octanol–water partition coefficient (Wildman–Crippen LogP) is 3.12. The molecule has 2 aromatic rings. The Labute approximate surface area is 144 Å². The second-order valence-corrected chi connectivity index (χ2v) is 8.02. The van der Waals surface area contributed by atoms with Gasteiger partial charge in [-0.05, 0) is 32.0 Å². The number of hydrogen-bond acceptors (Lipinski definition) is 4. The van der Waals surface area contributed by atoms with Crippen molar-refractivity contribution in [1.82, 2.24) is 8.87 Å². The van der Waals surface area contributed by atoms with Gasteiger partial charge in [0.05, 0.1) is 20.9 Å². The summed E-state index contributed by atoms with van der Waals surface area (Å²) in [4.78, 5) is 10.4. The predicted molar refractivity (Wildman–Crippen MR) is 89.6 cm³/mol. The van der Waals surface area contributed by atoms with Crippen molar-refractivity contribution in [2.75, 3.05) is 6.54 Å². The Kier molecular flexibility index (Phi) is 4.15. The zero-order chi connectivity index (χ0) is 17.6. The van der Waals surface area contributed by atoms with Gasteiger partial charge in [0, 0.05) is 36.6 Å². The lowest BCUT2D eigenvalue weighted by atomic mass is 10.2. The molecule has 0 saturated heterocycles.